The van der Waals surface area contributed by atoms with Gasteiger partial charge in [-0.3, -0.25) is 0 Å². The first-order valence-corrected chi connectivity index (χ1v) is 11.2. The van der Waals surface area contributed by atoms with Gasteiger partial charge in [0.1, 0.15) is 6.33 Å². The van der Waals surface area contributed by atoms with Gasteiger partial charge >= 0.3 is 0 Å². The second kappa shape index (κ2) is 9.70. The van der Waals surface area contributed by atoms with Crippen LogP contribution >= 0.6 is 0 Å². The lowest BCUT2D eigenvalue weighted by Crippen LogP contribution is -2.45. The number of aromatic amines is 1. The first-order chi connectivity index (χ1) is 15.9. The monoisotopic (exact) mass is 453 g/mol. The molecule has 0 radical (unpaired) electrons. The lowest BCUT2D eigenvalue weighted by Gasteiger charge is -2.37. The van der Waals surface area contributed by atoms with E-state index in [1.165, 1.54) is 6.33 Å². The lowest BCUT2D eigenvalue weighted by atomic mass is 10.1. The number of ether oxygens (including phenoxy) is 1. The molecule has 1 aromatic carbocycles. The summed E-state index contributed by atoms with van der Waals surface area (Å²) in [5.41, 5.74) is 3.35. The summed E-state index contributed by atoms with van der Waals surface area (Å²) in [6.45, 7) is 14.5. The molecule has 174 valence electrons. The number of nitrogens with zero attached hydrogens (tertiary/aromatic N) is 4. The van der Waals surface area contributed by atoms with E-state index in [0.29, 0.717) is 17.7 Å². The van der Waals surface area contributed by atoms with Crippen LogP contribution in [0.3, 0.4) is 0 Å². The minimum absolute atomic E-state index is 0.125. The maximum atomic E-state index is 15.0. The molecule has 0 unspecified atom stereocenters. The van der Waals surface area contributed by atoms with Crippen LogP contribution in [0, 0.1) is 25.5 Å². The quantitative estimate of drug-likeness (QED) is 0.516. The number of aryl methyl sites for hydroxylation is 1. The number of benzene rings is 1. The Morgan fingerprint density at radius 3 is 2.64 bits per heavy atom. The highest BCUT2D eigenvalue weighted by molar-refractivity contribution is 5.83. The summed E-state index contributed by atoms with van der Waals surface area (Å²) in [7, 11) is 0. The Bertz CT molecular complexity index is 1200. The minimum Gasteiger partial charge on any atom is -0.435 e. The van der Waals surface area contributed by atoms with Crippen molar-refractivity contribution >= 4 is 10.9 Å². The van der Waals surface area contributed by atoms with Gasteiger partial charge in [0.25, 0.3) is 0 Å². The van der Waals surface area contributed by atoms with Crippen LogP contribution < -0.4 is 4.74 Å². The fourth-order valence-corrected chi connectivity index (χ4v) is 4.20. The molecule has 0 spiro atoms. The van der Waals surface area contributed by atoms with E-state index in [1.54, 1.807) is 19.1 Å². The van der Waals surface area contributed by atoms with Gasteiger partial charge < -0.3 is 19.5 Å². The van der Waals surface area contributed by atoms with Crippen molar-refractivity contribution in [2.24, 2.45) is 0 Å². The third kappa shape index (κ3) is 4.75. The van der Waals surface area contributed by atoms with Crippen molar-refractivity contribution in [3.05, 3.63) is 71.5 Å². The summed E-state index contributed by atoms with van der Waals surface area (Å²) in [5.74, 6) is -1.21. The number of likely N-dealkylation sites (N-methyl/N-ethyl adjacent to an activating group) is 1. The van der Waals surface area contributed by atoms with Crippen molar-refractivity contribution in [3.8, 4) is 11.6 Å². The summed E-state index contributed by atoms with van der Waals surface area (Å²) in [5, 5.41) is 0.150. The van der Waals surface area contributed by atoms with E-state index in [1.807, 2.05) is 13.0 Å². The highest BCUT2D eigenvalue weighted by atomic mass is 19.1. The van der Waals surface area contributed by atoms with E-state index < -0.39 is 11.6 Å². The molecule has 1 aliphatic rings. The Kier molecular flexibility index (Phi) is 6.74. The topological polar surface area (TPSA) is 57.3 Å². The molecule has 0 saturated carbocycles. The van der Waals surface area contributed by atoms with Gasteiger partial charge in [-0.15, -0.1) is 0 Å². The maximum Gasteiger partial charge on any atom is 0.225 e. The average molecular weight is 454 g/mol. The van der Waals surface area contributed by atoms with Crippen LogP contribution in [0.15, 0.2) is 42.9 Å². The summed E-state index contributed by atoms with van der Waals surface area (Å²) in [6, 6.07) is 2.61. The third-order valence-corrected chi connectivity index (χ3v) is 6.14. The first-order valence-electron chi connectivity index (χ1n) is 11.2. The van der Waals surface area contributed by atoms with E-state index in [0.717, 1.165) is 50.2 Å². The molecule has 1 aliphatic heterocycles. The van der Waals surface area contributed by atoms with Crippen LogP contribution in [-0.4, -0.2) is 57.5 Å². The molecule has 1 saturated heterocycles. The van der Waals surface area contributed by atoms with Crippen molar-refractivity contribution in [2.45, 2.75) is 27.2 Å². The fourth-order valence-electron chi connectivity index (χ4n) is 4.20. The number of allylic oxidation sites excluding steroid dienone is 3. The molecule has 0 atom stereocenters. The number of nitrogens with one attached hydrogen (secondary N) is 1. The Morgan fingerprint density at radius 1 is 1.18 bits per heavy atom. The molecule has 3 heterocycles. The van der Waals surface area contributed by atoms with Crippen LogP contribution in [0.1, 0.15) is 23.9 Å². The van der Waals surface area contributed by atoms with Crippen LogP contribution in [0.2, 0.25) is 0 Å². The zero-order valence-corrected chi connectivity index (χ0v) is 19.3. The SMILES string of the molecule is C=C/C=C(\Cc1ncnc(Oc2cc(F)c3[nH]c(C)cc3c2F)c1C)N1CCN(CC)CC1. The molecular weight excluding hydrogens is 424 g/mol. The van der Waals surface area contributed by atoms with E-state index in [4.69, 9.17) is 4.74 Å². The van der Waals surface area contributed by atoms with Gasteiger partial charge in [-0.2, -0.15) is 0 Å². The van der Waals surface area contributed by atoms with Gasteiger partial charge in [-0.1, -0.05) is 19.6 Å². The predicted octanol–water partition coefficient (Wildman–Crippen LogP) is 4.90. The number of rotatable bonds is 7. The van der Waals surface area contributed by atoms with Gasteiger partial charge in [0.15, 0.2) is 17.4 Å². The Balaban J connectivity index is 1.59. The molecule has 6 nitrogen and oxygen atoms in total. The largest absolute Gasteiger partial charge is 0.435 e. The number of hydrogen-bond acceptors (Lipinski definition) is 5. The molecule has 3 aromatic rings. The van der Waals surface area contributed by atoms with Gasteiger partial charge in [0.2, 0.25) is 5.88 Å². The van der Waals surface area contributed by atoms with Crippen molar-refractivity contribution < 1.29 is 13.5 Å². The molecule has 2 aromatic heterocycles. The van der Waals surface area contributed by atoms with Gasteiger partial charge in [-0.25, -0.2) is 18.7 Å². The highest BCUT2D eigenvalue weighted by Gasteiger charge is 2.21. The number of hydrogen-bond donors (Lipinski definition) is 1. The standard InChI is InChI=1S/C25H29F2N5O/c1-5-7-18(32-10-8-31(6-2)9-11-32)13-21-17(4)25(29-15-28-21)33-22-14-20(26)24-19(23(22)27)12-16(3)30-24/h5,7,12,14-15,30H,1,6,8-11,13H2,2-4H3/b18-7+. The van der Waals surface area contributed by atoms with E-state index in [2.05, 4.69) is 38.3 Å². The minimum atomic E-state index is -0.628. The Labute approximate surface area is 192 Å². The molecule has 0 amide bonds. The second-order valence-electron chi connectivity index (χ2n) is 8.26. The molecule has 4 rings (SSSR count). The molecule has 0 bridgehead atoms. The molecule has 0 aliphatic carbocycles. The maximum absolute atomic E-state index is 15.0. The molecule has 8 heteroatoms. The van der Waals surface area contributed by atoms with E-state index in [9.17, 15) is 4.39 Å². The normalized spacial score (nSPS) is 15.3. The Hall–Kier alpha value is -3.26. The van der Waals surface area contributed by atoms with Gasteiger partial charge in [0, 0.05) is 61.0 Å². The van der Waals surface area contributed by atoms with E-state index >= 15 is 4.39 Å². The van der Waals surface area contributed by atoms with Crippen molar-refractivity contribution in [1.82, 2.24) is 24.8 Å². The second-order valence-corrected chi connectivity index (χ2v) is 8.26. The fraction of sp³-hybridized carbons (Fsp3) is 0.360. The number of halogens is 2. The highest BCUT2D eigenvalue weighted by Crippen LogP contribution is 2.33. The zero-order valence-electron chi connectivity index (χ0n) is 19.3. The predicted molar refractivity (Wildman–Crippen MR) is 125 cm³/mol. The molecular formula is C25H29F2N5O. The molecule has 33 heavy (non-hydrogen) atoms. The molecule has 1 fully saturated rings. The average Bonchev–Trinajstić information content (AvgIpc) is 3.22. The lowest BCUT2D eigenvalue weighted by molar-refractivity contribution is 0.163. The summed E-state index contributed by atoms with van der Waals surface area (Å²) in [6.07, 6.45) is 5.74. The summed E-state index contributed by atoms with van der Waals surface area (Å²) < 4.78 is 35.3. The van der Waals surface area contributed by atoms with Crippen molar-refractivity contribution in [3.63, 3.8) is 0 Å². The van der Waals surface area contributed by atoms with Gasteiger partial charge in [0.05, 0.1) is 11.2 Å². The number of fused-ring (bicyclic) bond motifs is 1. The van der Waals surface area contributed by atoms with Crippen LogP contribution in [0.4, 0.5) is 8.78 Å². The van der Waals surface area contributed by atoms with E-state index in [-0.39, 0.29) is 22.5 Å². The number of H-pyrrole nitrogens is 1. The zero-order chi connectivity index (χ0) is 23.5. The van der Waals surface area contributed by atoms with Crippen molar-refractivity contribution in [2.75, 3.05) is 32.7 Å². The van der Waals surface area contributed by atoms with Crippen LogP contribution in [-0.2, 0) is 6.42 Å². The number of piperazine rings is 1. The van der Waals surface area contributed by atoms with Crippen molar-refractivity contribution in [1.29, 1.82) is 0 Å². The van der Waals surface area contributed by atoms with Gasteiger partial charge in [-0.05, 0) is 32.5 Å². The first kappa shape index (κ1) is 22.9. The third-order valence-electron chi connectivity index (χ3n) is 6.14. The molecule has 1 N–H and O–H groups in total. The Morgan fingerprint density at radius 2 is 1.94 bits per heavy atom. The number of aromatic nitrogens is 3. The van der Waals surface area contributed by atoms with Crippen LogP contribution in [0.5, 0.6) is 11.6 Å². The summed E-state index contributed by atoms with van der Waals surface area (Å²) >= 11 is 0. The summed E-state index contributed by atoms with van der Waals surface area (Å²) in [4.78, 5) is 16.2. The van der Waals surface area contributed by atoms with Crippen LogP contribution in [0.25, 0.3) is 10.9 Å². The smallest absolute Gasteiger partial charge is 0.225 e.